The number of hydrogen-bond acceptors (Lipinski definition) is 6. The molecule has 30 heavy (non-hydrogen) atoms. The number of rotatable bonds is 4. The molecular formula is C22H26N8. The molecule has 0 unspecified atom stereocenters. The van der Waals surface area contributed by atoms with Gasteiger partial charge in [-0.25, -0.2) is 19.5 Å². The summed E-state index contributed by atoms with van der Waals surface area (Å²) in [6.07, 6.45) is 9.78. The highest BCUT2D eigenvalue weighted by Gasteiger charge is 2.22. The summed E-state index contributed by atoms with van der Waals surface area (Å²) in [6.45, 7) is 8.50. The second kappa shape index (κ2) is 7.60. The van der Waals surface area contributed by atoms with Crippen molar-refractivity contribution in [3.8, 4) is 22.8 Å². The van der Waals surface area contributed by atoms with Crippen LogP contribution in [0.5, 0.6) is 0 Å². The molecule has 0 radical (unpaired) electrons. The Balaban J connectivity index is 1.54. The van der Waals surface area contributed by atoms with Crippen molar-refractivity contribution in [3.05, 3.63) is 47.7 Å². The summed E-state index contributed by atoms with van der Waals surface area (Å²) in [6, 6.07) is 2.12. The zero-order valence-corrected chi connectivity index (χ0v) is 17.6. The fraction of sp³-hybridized carbons (Fsp3) is 0.409. The molecule has 5 heterocycles. The fourth-order valence-corrected chi connectivity index (χ4v) is 4.36. The number of aromatic amines is 1. The van der Waals surface area contributed by atoms with Crippen LogP contribution in [0.1, 0.15) is 55.2 Å². The Morgan fingerprint density at radius 1 is 1.10 bits per heavy atom. The zero-order valence-electron chi connectivity index (χ0n) is 17.6. The van der Waals surface area contributed by atoms with Crippen molar-refractivity contribution in [2.45, 2.75) is 45.4 Å². The highest BCUT2D eigenvalue weighted by Crippen LogP contribution is 2.35. The Kier molecular flexibility index (Phi) is 4.78. The lowest BCUT2D eigenvalue weighted by Crippen LogP contribution is -2.26. The average molecular weight is 403 g/mol. The summed E-state index contributed by atoms with van der Waals surface area (Å²) in [7, 11) is 0. The van der Waals surface area contributed by atoms with Gasteiger partial charge in [-0.05, 0) is 61.9 Å². The molecule has 0 amide bonds. The first-order chi connectivity index (χ1) is 14.6. The maximum atomic E-state index is 4.69. The van der Waals surface area contributed by atoms with Crippen molar-refractivity contribution in [1.29, 1.82) is 0 Å². The van der Waals surface area contributed by atoms with E-state index in [4.69, 9.17) is 9.97 Å². The first-order valence-electron chi connectivity index (χ1n) is 10.5. The number of aryl methyl sites for hydroxylation is 1. The third-order valence-corrected chi connectivity index (χ3v) is 5.92. The molecule has 8 heteroatoms. The van der Waals surface area contributed by atoms with Crippen molar-refractivity contribution in [2.75, 3.05) is 13.1 Å². The van der Waals surface area contributed by atoms with E-state index in [0.29, 0.717) is 11.7 Å². The standard InChI is InChI=1S/C22H26N8/c1-13(2)18-19(16-8-14(3)22-26-12-27-30(22)11-16)28-29-20(18)21-24-9-17(10-25-21)15-4-6-23-7-5-15/h8-13,15,23H,4-7H2,1-3H3,(H,28,29). The van der Waals surface area contributed by atoms with E-state index in [1.54, 1.807) is 10.8 Å². The minimum atomic E-state index is 0.258. The number of nitrogens with zero attached hydrogens (tertiary/aromatic N) is 6. The number of hydrogen-bond donors (Lipinski definition) is 2. The van der Waals surface area contributed by atoms with Gasteiger partial charge in [0, 0.05) is 29.7 Å². The number of nitrogens with one attached hydrogen (secondary N) is 2. The average Bonchev–Trinajstić information content (AvgIpc) is 3.42. The molecule has 0 aromatic carbocycles. The lowest BCUT2D eigenvalue weighted by molar-refractivity contribution is 0.459. The molecule has 0 atom stereocenters. The van der Waals surface area contributed by atoms with Gasteiger partial charge in [0.05, 0.1) is 5.69 Å². The summed E-state index contributed by atoms with van der Waals surface area (Å²) < 4.78 is 1.81. The molecule has 1 aliphatic rings. The monoisotopic (exact) mass is 402 g/mol. The van der Waals surface area contributed by atoms with E-state index in [1.807, 2.05) is 25.5 Å². The van der Waals surface area contributed by atoms with Crippen molar-refractivity contribution >= 4 is 5.65 Å². The number of aromatic nitrogens is 7. The molecule has 0 bridgehead atoms. The summed E-state index contributed by atoms with van der Waals surface area (Å²) >= 11 is 0. The van der Waals surface area contributed by atoms with Crippen LogP contribution >= 0.6 is 0 Å². The third-order valence-electron chi connectivity index (χ3n) is 5.92. The van der Waals surface area contributed by atoms with Gasteiger partial charge in [0.15, 0.2) is 11.5 Å². The number of pyridine rings is 1. The molecule has 1 fully saturated rings. The van der Waals surface area contributed by atoms with Gasteiger partial charge >= 0.3 is 0 Å². The molecular weight excluding hydrogens is 376 g/mol. The van der Waals surface area contributed by atoms with E-state index >= 15 is 0 Å². The summed E-state index contributed by atoms with van der Waals surface area (Å²) in [4.78, 5) is 13.7. The molecule has 2 N–H and O–H groups in total. The Labute approximate surface area is 175 Å². The van der Waals surface area contributed by atoms with E-state index in [0.717, 1.165) is 59.7 Å². The minimum absolute atomic E-state index is 0.258. The fourth-order valence-electron chi connectivity index (χ4n) is 4.36. The van der Waals surface area contributed by atoms with Crippen molar-refractivity contribution in [3.63, 3.8) is 0 Å². The predicted octanol–water partition coefficient (Wildman–Crippen LogP) is 3.48. The Hall–Kier alpha value is -3.13. The van der Waals surface area contributed by atoms with Crippen LogP contribution < -0.4 is 5.32 Å². The van der Waals surface area contributed by atoms with Crippen LogP contribution in [0.2, 0.25) is 0 Å². The number of H-pyrrole nitrogens is 1. The van der Waals surface area contributed by atoms with Gasteiger partial charge < -0.3 is 5.32 Å². The van der Waals surface area contributed by atoms with Crippen LogP contribution in [-0.2, 0) is 0 Å². The number of fused-ring (bicyclic) bond motifs is 1. The molecule has 0 aliphatic carbocycles. The second-order valence-corrected chi connectivity index (χ2v) is 8.32. The first-order valence-corrected chi connectivity index (χ1v) is 10.5. The van der Waals surface area contributed by atoms with E-state index in [1.165, 1.54) is 5.56 Å². The van der Waals surface area contributed by atoms with Crippen LogP contribution in [-0.4, -0.2) is 47.9 Å². The van der Waals surface area contributed by atoms with Crippen LogP contribution in [0.3, 0.4) is 0 Å². The van der Waals surface area contributed by atoms with E-state index in [9.17, 15) is 0 Å². The molecule has 4 aromatic heterocycles. The molecule has 1 aliphatic heterocycles. The van der Waals surface area contributed by atoms with E-state index < -0.39 is 0 Å². The number of piperidine rings is 1. The smallest absolute Gasteiger partial charge is 0.180 e. The van der Waals surface area contributed by atoms with E-state index in [2.05, 4.69) is 45.5 Å². The molecule has 4 aromatic rings. The normalized spacial score (nSPS) is 15.3. The Morgan fingerprint density at radius 2 is 1.87 bits per heavy atom. The zero-order chi connectivity index (χ0) is 20.7. The lowest BCUT2D eigenvalue weighted by atomic mass is 9.92. The van der Waals surface area contributed by atoms with Crippen LogP contribution in [0.25, 0.3) is 28.4 Å². The summed E-state index contributed by atoms with van der Waals surface area (Å²) in [5, 5.41) is 15.6. The van der Waals surface area contributed by atoms with Crippen molar-refractivity contribution in [2.24, 2.45) is 0 Å². The van der Waals surface area contributed by atoms with Gasteiger partial charge in [-0.2, -0.15) is 10.2 Å². The van der Waals surface area contributed by atoms with Crippen LogP contribution in [0, 0.1) is 6.92 Å². The molecule has 0 saturated carbocycles. The van der Waals surface area contributed by atoms with Crippen LogP contribution in [0.15, 0.2) is 31.0 Å². The van der Waals surface area contributed by atoms with Gasteiger partial charge in [-0.3, -0.25) is 5.10 Å². The van der Waals surface area contributed by atoms with Gasteiger partial charge in [-0.1, -0.05) is 13.8 Å². The minimum Gasteiger partial charge on any atom is -0.317 e. The topological polar surface area (TPSA) is 96.7 Å². The van der Waals surface area contributed by atoms with Crippen molar-refractivity contribution in [1.82, 2.24) is 40.1 Å². The second-order valence-electron chi connectivity index (χ2n) is 8.32. The molecule has 154 valence electrons. The quantitative estimate of drug-likeness (QED) is 0.542. The first kappa shape index (κ1) is 18.9. The Bertz CT molecular complexity index is 1170. The lowest BCUT2D eigenvalue weighted by Gasteiger charge is -2.22. The third kappa shape index (κ3) is 3.27. The van der Waals surface area contributed by atoms with Gasteiger partial charge in [-0.15, -0.1) is 0 Å². The molecule has 0 spiro atoms. The van der Waals surface area contributed by atoms with E-state index in [-0.39, 0.29) is 5.92 Å². The van der Waals surface area contributed by atoms with Crippen molar-refractivity contribution < 1.29 is 0 Å². The molecule has 5 rings (SSSR count). The highest BCUT2D eigenvalue weighted by atomic mass is 15.3. The predicted molar refractivity (Wildman–Crippen MR) is 115 cm³/mol. The summed E-state index contributed by atoms with van der Waals surface area (Å²) in [5.74, 6) is 1.46. The largest absolute Gasteiger partial charge is 0.317 e. The molecule has 1 saturated heterocycles. The van der Waals surface area contributed by atoms with Gasteiger partial charge in [0.25, 0.3) is 0 Å². The Morgan fingerprint density at radius 3 is 2.60 bits per heavy atom. The van der Waals surface area contributed by atoms with Gasteiger partial charge in [0.1, 0.15) is 12.0 Å². The van der Waals surface area contributed by atoms with Gasteiger partial charge in [0.2, 0.25) is 0 Å². The maximum absolute atomic E-state index is 4.69. The maximum Gasteiger partial charge on any atom is 0.180 e. The SMILES string of the molecule is Cc1cc(-c2[nH]nc(-c3ncc(C4CCNCC4)cn3)c2C(C)C)cn2ncnc12. The highest BCUT2D eigenvalue weighted by molar-refractivity contribution is 5.73. The summed E-state index contributed by atoms with van der Waals surface area (Å²) in [5.41, 5.74) is 7.08. The molecule has 8 nitrogen and oxygen atoms in total. The van der Waals surface area contributed by atoms with Crippen LogP contribution in [0.4, 0.5) is 0 Å².